The van der Waals surface area contributed by atoms with Gasteiger partial charge in [-0.1, -0.05) is 130 Å². The molecule has 0 aromatic heterocycles. The summed E-state index contributed by atoms with van der Waals surface area (Å²) < 4.78 is 31.5. The molecule has 0 saturated heterocycles. The van der Waals surface area contributed by atoms with Gasteiger partial charge < -0.3 is 33.9 Å². The van der Waals surface area contributed by atoms with Crippen LogP contribution in [0.25, 0.3) is 0 Å². The second-order valence-electron chi connectivity index (χ2n) is 20.6. The maximum absolute atomic E-state index is 13.0. The van der Waals surface area contributed by atoms with Crippen molar-refractivity contribution in [1.29, 1.82) is 0 Å². The minimum Gasteiger partial charge on any atom is -0.489 e. The molecule has 6 rings (SSSR count). The summed E-state index contributed by atoms with van der Waals surface area (Å²) in [6, 6.07) is 17.2. The van der Waals surface area contributed by atoms with Gasteiger partial charge in [-0.15, -0.1) is 0 Å². The van der Waals surface area contributed by atoms with Crippen LogP contribution >= 0.6 is 47.0 Å². The fourth-order valence-electron chi connectivity index (χ4n) is 7.15. The molecule has 2 heterocycles. The molecule has 65 heavy (non-hydrogen) atoms. The number of hydrogen-bond donors (Lipinski definition) is 2. The zero-order valence-electron chi connectivity index (χ0n) is 40.1. The van der Waals surface area contributed by atoms with Crippen molar-refractivity contribution < 1.29 is 43.5 Å². The van der Waals surface area contributed by atoms with Gasteiger partial charge in [0.15, 0.2) is 0 Å². The lowest BCUT2D eigenvalue weighted by Crippen LogP contribution is -2.16. The van der Waals surface area contributed by atoms with E-state index in [2.05, 4.69) is 132 Å². The van der Waals surface area contributed by atoms with Gasteiger partial charge in [0.2, 0.25) is 0 Å². The summed E-state index contributed by atoms with van der Waals surface area (Å²) in [6.07, 6.45) is -0.407. The monoisotopic (exact) mass is 962 g/mol. The van der Waals surface area contributed by atoms with Crippen molar-refractivity contribution in [1.82, 2.24) is 0 Å². The molecule has 0 radical (unpaired) electrons. The first-order valence-corrected chi connectivity index (χ1v) is 25.5. The molecule has 4 aromatic rings. The number of rotatable bonds is 4. The number of carboxylic acid groups (broad SMARTS) is 2. The topological polar surface area (TPSA) is 121 Å². The second kappa shape index (κ2) is 20.9. The third kappa shape index (κ3) is 13.5. The molecule has 10 bridgehead atoms. The number of ether oxygens (including phenoxy) is 5. The SMILES string of the molecule is CC(C)(C)c1cc2c(CC(=O)O)c(c1)Sc1cc(C(C)(C)C)cc3c1OCCOCCOCCOCCOc1c(cc(C(C)(C)C)cc1Sc1cc(C(C)(C)C)cc(c1CC(=O)O)S3)S2. The number of carbonyl (C=O) groups is 2. The Hall–Kier alpha value is -3.30. The Morgan fingerprint density at radius 2 is 0.615 bits per heavy atom. The summed E-state index contributed by atoms with van der Waals surface area (Å²) in [5, 5.41) is 21.3. The van der Waals surface area contributed by atoms with Crippen molar-refractivity contribution in [2.75, 3.05) is 52.9 Å². The van der Waals surface area contributed by atoms with Crippen LogP contribution in [-0.4, -0.2) is 75.0 Å². The van der Waals surface area contributed by atoms with E-state index in [4.69, 9.17) is 23.7 Å². The zero-order valence-corrected chi connectivity index (χ0v) is 43.3. The summed E-state index contributed by atoms with van der Waals surface area (Å²) in [6.45, 7) is 28.8. The number of benzene rings is 4. The van der Waals surface area contributed by atoms with Crippen molar-refractivity contribution in [2.45, 2.75) is 157 Å². The number of carboxylic acids is 2. The van der Waals surface area contributed by atoms with E-state index in [1.165, 1.54) is 47.0 Å². The Balaban J connectivity index is 1.80. The third-order valence-electron chi connectivity index (χ3n) is 11.1. The predicted octanol–water partition coefficient (Wildman–Crippen LogP) is 12.9. The van der Waals surface area contributed by atoms with E-state index in [0.717, 1.165) is 61.4 Å². The molecular weight excluding hydrogens is 897 g/mol. The lowest BCUT2D eigenvalue weighted by Gasteiger charge is -2.28. The highest BCUT2D eigenvalue weighted by Gasteiger charge is 2.30. The van der Waals surface area contributed by atoms with Gasteiger partial charge in [0.25, 0.3) is 0 Å². The smallest absolute Gasteiger partial charge is 0.307 e. The van der Waals surface area contributed by atoms with Gasteiger partial charge >= 0.3 is 11.9 Å². The number of aliphatic carboxylic acids is 2. The summed E-state index contributed by atoms with van der Waals surface area (Å²) in [5.41, 5.74) is 4.49. The van der Waals surface area contributed by atoms with Crippen LogP contribution < -0.4 is 9.47 Å². The highest BCUT2D eigenvalue weighted by molar-refractivity contribution is 8.01. The van der Waals surface area contributed by atoms with Crippen LogP contribution in [-0.2, 0) is 58.3 Å². The van der Waals surface area contributed by atoms with E-state index in [1.807, 2.05) is 0 Å². The molecule has 0 atom stereocenters. The Morgan fingerprint density at radius 3 is 0.831 bits per heavy atom. The van der Waals surface area contributed by atoms with Crippen LogP contribution in [0.1, 0.15) is 116 Å². The van der Waals surface area contributed by atoms with Gasteiger partial charge in [-0.3, -0.25) is 9.59 Å². The maximum Gasteiger partial charge on any atom is 0.307 e. The Morgan fingerprint density at radius 1 is 0.400 bits per heavy atom. The lowest BCUT2D eigenvalue weighted by atomic mass is 9.86. The molecular formula is C52H66O9S4. The van der Waals surface area contributed by atoms with Crippen LogP contribution in [0.15, 0.2) is 87.7 Å². The largest absolute Gasteiger partial charge is 0.489 e. The molecule has 9 nitrogen and oxygen atoms in total. The average Bonchev–Trinajstić information content (AvgIpc) is 3.17. The Labute approximate surface area is 403 Å². The quantitative estimate of drug-likeness (QED) is 0.178. The van der Waals surface area contributed by atoms with Gasteiger partial charge in [0, 0.05) is 19.6 Å². The summed E-state index contributed by atoms with van der Waals surface area (Å²) in [5.74, 6) is -0.609. The molecule has 2 aliphatic rings. The molecule has 4 aromatic carbocycles. The van der Waals surface area contributed by atoms with E-state index >= 15 is 0 Å². The molecule has 0 aliphatic carbocycles. The summed E-state index contributed by atoms with van der Waals surface area (Å²) in [4.78, 5) is 32.6. The standard InChI is InChI=1S/C52H66O9S4/c1-49(2,3)31-21-37-35(29-45(53)54)38(22-31)63-42-26-34(52(10,11)12)28-44-48(42)61-20-18-59-16-14-57-13-15-58-17-19-60-47-41(62-37)25-33(51(7,8)9)27-43(47)64-39-23-32(50(4,5)6)24-40(65-44)36(39)30-46(55)56/h21-28H,13-20,29-30H2,1-12H3,(H,53,54)(H,55,56). The second-order valence-corrected chi connectivity index (χ2v) is 24.9. The van der Waals surface area contributed by atoms with E-state index < -0.39 is 11.9 Å². The van der Waals surface area contributed by atoms with Gasteiger partial charge in [-0.25, -0.2) is 0 Å². The molecule has 0 spiro atoms. The molecule has 0 amide bonds. The molecule has 0 fully saturated rings. The predicted molar refractivity (Wildman–Crippen MR) is 263 cm³/mol. The first-order chi connectivity index (χ1) is 30.4. The van der Waals surface area contributed by atoms with Crippen molar-refractivity contribution in [3.8, 4) is 11.5 Å². The zero-order chi connectivity index (χ0) is 47.5. The fourth-order valence-corrected chi connectivity index (χ4v) is 12.1. The molecule has 2 aliphatic heterocycles. The maximum atomic E-state index is 13.0. The number of fused-ring (bicyclic) bond motifs is 2. The van der Waals surface area contributed by atoms with Crippen LogP contribution in [0.3, 0.4) is 0 Å². The molecule has 0 unspecified atom stereocenters. The van der Waals surface area contributed by atoms with Gasteiger partial charge in [0.1, 0.15) is 24.7 Å². The lowest BCUT2D eigenvalue weighted by molar-refractivity contribution is -0.137. The van der Waals surface area contributed by atoms with Crippen LogP contribution in [0.4, 0.5) is 0 Å². The minimum atomic E-state index is -0.933. The van der Waals surface area contributed by atoms with E-state index in [0.29, 0.717) is 62.3 Å². The van der Waals surface area contributed by atoms with Crippen molar-refractivity contribution in [3.05, 3.63) is 81.9 Å². The first kappa shape index (κ1) is 51.1. The van der Waals surface area contributed by atoms with E-state index in [-0.39, 0.29) is 47.7 Å². The van der Waals surface area contributed by atoms with Crippen LogP contribution in [0.5, 0.6) is 11.5 Å². The van der Waals surface area contributed by atoms with Crippen molar-refractivity contribution in [2.24, 2.45) is 0 Å². The Kier molecular flexibility index (Phi) is 16.4. The summed E-state index contributed by atoms with van der Waals surface area (Å²) in [7, 11) is 0. The molecule has 2 N–H and O–H groups in total. The van der Waals surface area contributed by atoms with Gasteiger partial charge in [0.05, 0.1) is 72.1 Å². The van der Waals surface area contributed by atoms with Gasteiger partial charge in [-0.2, -0.15) is 0 Å². The highest BCUT2D eigenvalue weighted by atomic mass is 32.2. The first-order valence-electron chi connectivity index (χ1n) is 22.2. The molecule has 0 saturated carbocycles. The van der Waals surface area contributed by atoms with Crippen LogP contribution in [0, 0.1) is 0 Å². The third-order valence-corrected chi connectivity index (χ3v) is 15.5. The van der Waals surface area contributed by atoms with Crippen molar-refractivity contribution >= 4 is 59.0 Å². The Bertz CT molecular complexity index is 2120. The number of hydrogen-bond acceptors (Lipinski definition) is 11. The fraction of sp³-hybridized carbons (Fsp3) is 0.500. The van der Waals surface area contributed by atoms with E-state index in [9.17, 15) is 19.8 Å². The normalized spacial score (nSPS) is 16.0. The summed E-state index contributed by atoms with van der Waals surface area (Å²) >= 11 is 6.06. The van der Waals surface area contributed by atoms with Gasteiger partial charge in [-0.05, 0) is 104 Å². The van der Waals surface area contributed by atoms with E-state index in [1.54, 1.807) is 0 Å². The minimum absolute atomic E-state index is 0.203. The highest BCUT2D eigenvalue weighted by Crippen LogP contribution is 2.54. The molecule has 352 valence electrons. The van der Waals surface area contributed by atoms with Crippen LogP contribution in [0.2, 0.25) is 0 Å². The molecule has 13 heteroatoms. The van der Waals surface area contributed by atoms with Crippen molar-refractivity contribution in [3.63, 3.8) is 0 Å². The average molecular weight is 963 g/mol.